The summed E-state index contributed by atoms with van der Waals surface area (Å²) < 4.78 is 0. The van der Waals surface area contributed by atoms with Crippen LogP contribution in [0.3, 0.4) is 0 Å². The fraction of sp³-hybridized carbons (Fsp3) is 0.542. The van der Waals surface area contributed by atoms with E-state index in [-0.39, 0.29) is 18.4 Å². The first kappa shape index (κ1) is 25.1. The number of carbonyl (C=O) groups is 2. The summed E-state index contributed by atoms with van der Waals surface area (Å²) in [4.78, 5) is 30.4. The minimum atomic E-state index is -0.955. The fourth-order valence-electron chi connectivity index (χ4n) is 4.23. The molecule has 0 atom stereocenters. The largest absolute Gasteiger partial charge is 0.398 e. The van der Waals surface area contributed by atoms with Gasteiger partial charge in [-0.2, -0.15) is 5.26 Å². The summed E-state index contributed by atoms with van der Waals surface area (Å²) >= 11 is 1.68. The minimum Gasteiger partial charge on any atom is -0.398 e. The molecule has 1 aromatic carbocycles. The first-order valence-corrected chi connectivity index (χ1v) is 12.5. The standard InChI is InChI=1S/C24H34N6O2S/c1-29-13-15-30(16-14-29)18-33-17-21(26)19-5-7-20(8-6-19)22(31)28-24(9-3-2-4-10-24)23(32)27-12-11-25/h5-8,17H,2-4,9-10,12-16,18,26H2,1H3,(H,27,32)(H,28,31)/b21-17-. The number of nitriles is 1. The normalized spacial score (nSPS) is 19.5. The van der Waals surface area contributed by atoms with Crippen LogP contribution < -0.4 is 16.4 Å². The van der Waals surface area contributed by atoms with Crippen LogP contribution in [0.15, 0.2) is 29.7 Å². The van der Waals surface area contributed by atoms with E-state index >= 15 is 0 Å². The number of hydrogen-bond acceptors (Lipinski definition) is 7. The molecule has 4 N–H and O–H groups in total. The van der Waals surface area contributed by atoms with Gasteiger partial charge >= 0.3 is 0 Å². The van der Waals surface area contributed by atoms with Gasteiger partial charge in [0.1, 0.15) is 12.1 Å². The van der Waals surface area contributed by atoms with Crippen molar-refractivity contribution in [2.24, 2.45) is 5.73 Å². The van der Waals surface area contributed by atoms with Gasteiger partial charge in [0, 0.05) is 43.3 Å². The Labute approximate surface area is 200 Å². The molecule has 2 aliphatic rings. The van der Waals surface area contributed by atoms with Gasteiger partial charge in [-0.15, -0.1) is 11.8 Å². The van der Waals surface area contributed by atoms with Crippen molar-refractivity contribution >= 4 is 29.3 Å². The van der Waals surface area contributed by atoms with Gasteiger partial charge in [-0.3, -0.25) is 14.5 Å². The van der Waals surface area contributed by atoms with Crippen LogP contribution in [0.1, 0.15) is 48.0 Å². The van der Waals surface area contributed by atoms with Crippen LogP contribution in [-0.2, 0) is 4.79 Å². The lowest BCUT2D eigenvalue weighted by molar-refractivity contribution is -0.128. The molecule has 1 saturated carbocycles. The Bertz CT molecular complexity index is 881. The molecule has 9 heteroatoms. The third kappa shape index (κ3) is 6.97. The van der Waals surface area contributed by atoms with E-state index in [4.69, 9.17) is 11.0 Å². The van der Waals surface area contributed by atoms with Crippen molar-refractivity contribution in [3.05, 3.63) is 40.8 Å². The minimum absolute atomic E-state index is 0.0659. The van der Waals surface area contributed by atoms with E-state index in [0.29, 0.717) is 24.1 Å². The summed E-state index contributed by atoms with van der Waals surface area (Å²) in [7, 11) is 2.14. The number of nitrogens with zero attached hydrogens (tertiary/aromatic N) is 3. The van der Waals surface area contributed by atoms with Crippen molar-refractivity contribution in [1.29, 1.82) is 5.26 Å². The number of amides is 2. The van der Waals surface area contributed by atoms with E-state index in [1.54, 1.807) is 23.9 Å². The Morgan fingerprint density at radius 2 is 1.76 bits per heavy atom. The second-order valence-electron chi connectivity index (χ2n) is 8.81. The Morgan fingerprint density at radius 3 is 2.39 bits per heavy atom. The molecule has 0 unspecified atom stereocenters. The van der Waals surface area contributed by atoms with E-state index in [1.165, 1.54) is 0 Å². The Morgan fingerprint density at radius 1 is 1.12 bits per heavy atom. The monoisotopic (exact) mass is 470 g/mol. The molecule has 1 saturated heterocycles. The summed E-state index contributed by atoms with van der Waals surface area (Å²) in [5.41, 5.74) is 7.30. The van der Waals surface area contributed by atoms with Gasteiger partial charge in [-0.05, 0) is 43.0 Å². The first-order chi connectivity index (χ1) is 15.9. The van der Waals surface area contributed by atoms with Crippen molar-refractivity contribution in [3.63, 3.8) is 0 Å². The van der Waals surface area contributed by atoms with Crippen LogP contribution in [0.25, 0.3) is 5.70 Å². The third-order valence-corrected chi connectivity index (χ3v) is 7.30. The number of likely N-dealkylation sites (N-methyl/N-ethyl adjacent to an activating group) is 1. The highest BCUT2D eigenvalue weighted by atomic mass is 32.2. The van der Waals surface area contributed by atoms with E-state index in [9.17, 15) is 9.59 Å². The fourth-order valence-corrected chi connectivity index (χ4v) is 5.09. The first-order valence-electron chi connectivity index (χ1n) is 11.5. The van der Waals surface area contributed by atoms with Crippen LogP contribution in [0.2, 0.25) is 0 Å². The van der Waals surface area contributed by atoms with Gasteiger partial charge in [0.25, 0.3) is 5.91 Å². The lowest BCUT2D eigenvalue weighted by Crippen LogP contribution is -2.59. The topological polar surface area (TPSA) is 114 Å². The molecular formula is C24H34N6O2S. The second-order valence-corrected chi connectivity index (χ2v) is 9.63. The van der Waals surface area contributed by atoms with Gasteiger partial charge < -0.3 is 21.3 Å². The quantitative estimate of drug-likeness (QED) is 0.498. The van der Waals surface area contributed by atoms with E-state index in [2.05, 4.69) is 27.5 Å². The van der Waals surface area contributed by atoms with E-state index in [1.807, 2.05) is 23.6 Å². The molecule has 33 heavy (non-hydrogen) atoms. The summed E-state index contributed by atoms with van der Waals surface area (Å²) in [6, 6.07) is 9.06. The van der Waals surface area contributed by atoms with Crippen LogP contribution in [-0.4, -0.2) is 72.8 Å². The zero-order valence-corrected chi connectivity index (χ0v) is 20.1. The summed E-state index contributed by atoms with van der Waals surface area (Å²) in [6.45, 7) is 4.24. The highest BCUT2D eigenvalue weighted by Gasteiger charge is 2.40. The van der Waals surface area contributed by atoms with Gasteiger partial charge in [-0.1, -0.05) is 31.4 Å². The maximum Gasteiger partial charge on any atom is 0.252 e. The van der Waals surface area contributed by atoms with Gasteiger partial charge in [-0.25, -0.2) is 0 Å². The van der Waals surface area contributed by atoms with Gasteiger partial charge in [0.15, 0.2) is 0 Å². The molecule has 1 aliphatic carbocycles. The molecule has 0 spiro atoms. The van der Waals surface area contributed by atoms with Gasteiger partial charge in [0.2, 0.25) is 5.91 Å². The van der Waals surface area contributed by atoms with Crippen molar-refractivity contribution in [3.8, 4) is 6.07 Å². The Kier molecular flexibility index (Phi) is 9.18. The molecular weight excluding hydrogens is 436 g/mol. The van der Waals surface area contributed by atoms with Crippen molar-refractivity contribution in [2.75, 3.05) is 45.6 Å². The molecule has 8 nitrogen and oxygen atoms in total. The molecule has 2 amide bonds. The van der Waals surface area contributed by atoms with Crippen LogP contribution in [0.4, 0.5) is 0 Å². The molecule has 1 aromatic rings. The number of hydrogen-bond donors (Lipinski definition) is 3. The molecule has 0 radical (unpaired) electrons. The number of thioether (sulfide) groups is 1. The zero-order chi connectivity index (χ0) is 23.7. The van der Waals surface area contributed by atoms with Crippen LogP contribution in [0.5, 0.6) is 0 Å². The number of benzene rings is 1. The molecule has 0 aromatic heterocycles. The average molecular weight is 471 g/mol. The lowest BCUT2D eigenvalue weighted by atomic mass is 9.80. The van der Waals surface area contributed by atoms with Crippen molar-refractivity contribution in [2.45, 2.75) is 37.6 Å². The second kappa shape index (κ2) is 12.1. The SMILES string of the molecule is CN1CCN(CS/C=C(\N)c2ccc(C(=O)NC3(C(=O)NCC#N)CCCCC3)cc2)CC1. The molecule has 1 aliphatic heterocycles. The molecule has 178 valence electrons. The highest BCUT2D eigenvalue weighted by molar-refractivity contribution is 8.02. The van der Waals surface area contributed by atoms with E-state index in [0.717, 1.165) is 56.9 Å². The number of carbonyl (C=O) groups excluding carboxylic acids is 2. The smallest absolute Gasteiger partial charge is 0.252 e. The Hall–Kier alpha value is -2.54. The number of rotatable bonds is 8. The number of nitrogens with one attached hydrogen (secondary N) is 2. The predicted octanol–water partition coefficient (Wildman–Crippen LogP) is 1.95. The summed E-state index contributed by atoms with van der Waals surface area (Å²) in [5.74, 6) is 0.339. The third-order valence-electron chi connectivity index (χ3n) is 6.37. The number of piperazine rings is 1. The zero-order valence-electron chi connectivity index (χ0n) is 19.3. The number of nitrogens with two attached hydrogens (primary N) is 1. The van der Waals surface area contributed by atoms with Gasteiger partial charge in [0.05, 0.1) is 6.07 Å². The molecule has 2 fully saturated rings. The summed E-state index contributed by atoms with van der Waals surface area (Å²) in [5, 5.41) is 16.3. The van der Waals surface area contributed by atoms with Crippen molar-refractivity contribution in [1.82, 2.24) is 20.4 Å². The highest BCUT2D eigenvalue weighted by Crippen LogP contribution is 2.29. The lowest BCUT2D eigenvalue weighted by Gasteiger charge is -2.36. The predicted molar refractivity (Wildman–Crippen MR) is 132 cm³/mol. The van der Waals surface area contributed by atoms with E-state index < -0.39 is 5.54 Å². The molecule has 0 bridgehead atoms. The van der Waals surface area contributed by atoms with Crippen LogP contribution in [0, 0.1) is 11.3 Å². The summed E-state index contributed by atoms with van der Waals surface area (Å²) in [6.07, 6.45) is 3.93. The maximum absolute atomic E-state index is 12.9. The van der Waals surface area contributed by atoms with Crippen molar-refractivity contribution < 1.29 is 9.59 Å². The molecule has 1 heterocycles. The average Bonchev–Trinajstić information content (AvgIpc) is 2.84. The Balaban J connectivity index is 1.58. The maximum atomic E-state index is 12.9. The molecule has 3 rings (SSSR count). The van der Waals surface area contributed by atoms with Crippen LogP contribution >= 0.6 is 11.8 Å².